The van der Waals surface area contributed by atoms with Gasteiger partial charge in [0.1, 0.15) is 19.0 Å². The van der Waals surface area contributed by atoms with Gasteiger partial charge < -0.3 is 14.2 Å². The van der Waals surface area contributed by atoms with E-state index >= 15 is 0 Å². The highest BCUT2D eigenvalue weighted by Gasteiger charge is 2.14. The molecule has 0 aromatic heterocycles. The van der Waals surface area contributed by atoms with Crippen LogP contribution in [0, 0.1) is 0 Å². The molecule has 1 aliphatic rings. The first-order valence-corrected chi connectivity index (χ1v) is 7.14. The molecular weight excluding hydrogens is 296 g/mol. The van der Waals surface area contributed by atoms with Crippen molar-refractivity contribution in [3.8, 4) is 17.2 Å². The highest BCUT2D eigenvalue weighted by atomic mass is 16.6. The fourth-order valence-electron chi connectivity index (χ4n) is 2.19. The van der Waals surface area contributed by atoms with E-state index in [2.05, 4.69) is 10.5 Å². The van der Waals surface area contributed by atoms with Crippen LogP contribution in [-0.2, 0) is 0 Å². The second-order valence-corrected chi connectivity index (χ2v) is 4.80. The molecule has 0 spiro atoms. The number of methoxy groups -OCH3 is 1. The van der Waals surface area contributed by atoms with Crippen molar-refractivity contribution >= 4 is 12.1 Å². The molecule has 1 amide bonds. The summed E-state index contributed by atoms with van der Waals surface area (Å²) < 4.78 is 16.2. The maximum Gasteiger partial charge on any atom is 0.271 e. The third-order valence-electron chi connectivity index (χ3n) is 3.30. The van der Waals surface area contributed by atoms with Gasteiger partial charge in [-0.25, -0.2) is 5.43 Å². The largest absolute Gasteiger partial charge is 0.497 e. The van der Waals surface area contributed by atoms with Crippen LogP contribution in [-0.4, -0.2) is 32.4 Å². The number of hydrazone groups is 1. The van der Waals surface area contributed by atoms with Gasteiger partial charge in [-0.15, -0.1) is 0 Å². The van der Waals surface area contributed by atoms with Gasteiger partial charge in [0, 0.05) is 11.1 Å². The number of fused-ring (bicyclic) bond motifs is 1. The van der Waals surface area contributed by atoms with Crippen molar-refractivity contribution in [2.45, 2.75) is 0 Å². The summed E-state index contributed by atoms with van der Waals surface area (Å²) in [6.45, 7) is 1.02. The van der Waals surface area contributed by atoms with Gasteiger partial charge in [0.2, 0.25) is 0 Å². The summed E-state index contributed by atoms with van der Waals surface area (Å²) >= 11 is 0. The SMILES string of the molecule is COc1cccc(C(=O)N/N=C\c2cccc3c2OCCO3)c1. The van der Waals surface area contributed by atoms with E-state index in [9.17, 15) is 4.79 Å². The molecule has 2 aromatic rings. The molecule has 1 N–H and O–H groups in total. The number of hydrogen-bond donors (Lipinski definition) is 1. The second kappa shape index (κ2) is 6.83. The first-order chi connectivity index (χ1) is 11.3. The number of carbonyl (C=O) groups excluding carboxylic acids is 1. The second-order valence-electron chi connectivity index (χ2n) is 4.80. The van der Waals surface area contributed by atoms with Crippen molar-refractivity contribution in [3.05, 3.63) is 53.6 Å². The van der Waals surface area contributed by atoms with Gasteiger partial charge in [-0.3, -0.25) is 4.79 Å². The molecule has 118 valence electrons. The Morgan fingerprint density at radius 1 is 1.22 bits per heavy atom. The van der Waals surface area contributed by atoms with E-state index in [4.69, 9.17) is 14.2 Å². The zero-order valence-electron chi connectivity index (χ0n) is 12.6. The van der Waals surface area contributed by atoms with E-state index in [0.717, 1.165) is 5.56 Å². The zero-order valence-corrected chi connectivity index (χ0v) is 12.6. The highest BCUT2D eigenvalue weighted by molar-refractivity contribution is 5.95. The minimum atomic E-state index is -0.317. The van der Waals surface area contributed by atoms with E-state index in [1.807, 2.05) is 18.2 Å². The van der Waals surface area contributed by atoms with E-state index in [1.54, 1.807) is 31.4 Å². The van der Waals surface area contributed by atoms with Crippen molar-refractivity contribution in [2.75, 3.05) is 20.3 Å². The van der Waals surface area contributed by atoms with Gasteiger partial charge >= 0.3 is 0 Å². The van der Waals surface area contributed by atoms with Crippen LogP contribution in [0.2, 0.25) is 0 Å². The molecule has 1 aliphatic heterocycles. The van der Waals surface area contributed by atoms with Crippen molar-refractivity contribution in [2.24, 2.45) is 5.10 Å². The van der Waals surface area contributed by atoms with Crippen molar-refractivity contribution in [1.82, 2.24) is 5.43 Å². The number of nitrogens with one attached hydrogen (secondary N) is 1. The monoisotopic (exact) mass is 312 g/mol. The van der Waals surface area contributed by atoms with Gasteiger partial charge in [-0.2, -0.15) is 5.10 Å². The maximum atomic E-state index is 12.1. The molecule has 0 radical (unpaired) electrons. The summed E-state index contributed by atoms with van der Waals surface area (Å²) in [5.41, 5.74) is 3.70. The van der Waals surface area contributed by atoms with E-state index < -0.39 is 0 Å². The topological polar surface area (TPSA) is 69.2 Å². The Kier molecular flexibility index (Phi) is 4.42. The molecule has 0 fully saturated rings. The molecule has 0 saturated carbocycles. The summed E-state index contributed by atoms with van der Waals surface area (Å²) in [5, 5.41) is 3.98. The molecule has 6 nitrogen and oxygen atoms in total. The summed E-state index contributed by atoms with van der Waals surface area (Å²) in [5.74, 6) is 1.61. The minimum absolute atomic E-state index is 0.317. The lowest BCUT2D eigenvalue weighted by Gasteiger charge is -2.19. The van der Waals surface area contributed by atoms with Gasteiger partial charge in [0.05, 0.1) is 13.3 Å². The molecule has 1 heterocycles. The Hall–Kier alpha value is -3.02. The van der Waals surface area contributed by atoms with Gasteiger partial charge in [-0.05, 0) is 30.3 Å². The Morgan fingerprint density at radius 3 is 2.91 bits per heavy atom. The van der Waals surface area contributed by atoms with Gasteiger partial charge in [0.15, 0.2) is 11.5 Å². The van der Waals surface area contributed by atoms with E-state index in [-0.39, 0.29) is 5.91 Å². The van der Waals surface area contributed by atoms with Crippen LogP contribution in [0.4, 0.5) is 0 Å². The van der Waals surface area contributed by atoms with E-state index in [1.165, 1.54) is 6.21 Å². The number of hydrogen-bond acceptors (Lipinski definition) is 5. The summed E-state index contributed by atoms with van der Waals surface area (Å²) in [6, 6.07) is 12.4. The quantitative estimate of drug-likeness (QED) is 0.694. The van der Waals surface area contributed by atoms with E-state index in [0.29, 0.717) is 36.0 Å². The Morgan fingerprint density at radius 2 is 2.04 bits per heavy atom. The fraction of sp³-hybridized carbons (Fsp3) is 0.176. The summed E-state index contributed by atoms with van der Waals surface area (Å²) in [4.78, 5) is 12.1. The van der Waals surface area contributed by atoms with Crippen molar-refractivity contribution in [3.63, 3.8) is 0 Å². The minimum Gasteiger partial charge on any atom is -0.497 e. The normalized spacial score (nSPS) is 12.9. The molecule has 0 aliphatic carbocycles. The number of amides is 1. The van der Waals surface area contributed by atoms with Crippen LogP contribution >= 0.6 is 0 Å². The van der Waals surface area contributed by atoms with Gasteiger partial charge in [-0.1, -0.05) is 12.1 Å². The third-order valence-corrected chi connectivity index (χ3v) is 3.30. The lowest BCUT2D eigenvalue weighted by atomic mass is 10.2. The Labute approximate surface area is 133 Å². The molecule has 3 rings (SSSR count). The molecule has 0 unspecified atom stereocenters. The Balaban J connectivity index is 1.70. The number of benzene rings is 2. The summed E-state index contributed by atoms with van der Waals surface area (Å²) in [6.07, 6.45) is 1.53. The van der Waals surface area contributed by atoms with Crippen LogP contribution in [0.5, 0.6) is 17.2 Å². The number of rotatable bonds is 4. The standard InChI is InChI=1S/C17H16N2O4/c1-21-14-6-2-4-12(10-14)17(20)19-18-11-13-5-3-7-15-16(13)23-9-8-22-15/h2-7,10-11H,8-9H2,1H3,(H,19,20)/b18-11-. The number of carbonyl (C=O) groups is 1. The molecular formula is C17H16N2O4. The molecule has 0 atom stereocenters. The molecule has 2 aromatic carbocycles. The maximum absolute atomic E-state index is 12.1. The van der Waals surface area contributed by atoms with Crippen molar-refractivity contribution in [1.29, 1.82) is 0 Å². The van der Waals surface area contributed by atoms with Crippen LogP contribution in [0.1, 0.15) is 15.9 Å². The van der Waals surface area contributed by atoms with Crippen LogP contribution in [0.25, 0.3) is 0 Å². The first-order valence-electron chi connectivity index (χ1n) is 7.14. The van der Waals surface area contributed by atoms with Crippen molar-refractivity contribution < 1.29 is 19.0 Å². The van der Waals surface area contributed by atoms with Crippen LogP contribution < -0.4 is 19.6 Å². The summed E-state index contributed by atoms with van der Waals surface area (Å²) in [7, 11) is 1.55. The highest BCUT2D eigenvalue weighted by Crippen LogP contribution is 2.32. The molecule has 23 heavy (non-hydrogen) atoms. The number of para-hydroxylation sites is 1. The molecule has 0 saturated heterocycles. The average molecular weight is 312 g/mol. The predicted molar refractivity (Wildman–Crippen MR) is 85.5 cm³/mol. The number of ether oxygens (including phenoxy) is 3. The first kappa shape index (κ1) is 14.9. The lowest BCUT2D eigenvalue weighted by Crippen LogP contribution is -2.18. The third kappa shape index (κ3) is 3.42. The fourth-order valence-corrected chi connectivity index (χ4v) is 2.19. The number of nitrogens with zero attached hydrogens (tertiary/aromatic N) is 1. The zero-order chi connectivity index (χ0) is 16.1. The molecule has 0 bridgehead atoms. The average Bonchev–Trinajstić information content (AvgIpc) is 2.62. The predicted octanol–water partition coefficient (Wildman–Crippen LogP) is 2.23. The Bertz CT molecular complexity index is 743. The smallest absolute Gasteiger partial charge is 0.271 e. The lowest BCUT2D eigenvalue weighted by molar-refractivity contribution is 0.0954. The molecule has 6 heteroatoms. The van der Waals surface area contributed by atoms with Crippen LogP contribution in [0.15, 0.2) is 47.6 Å². The van der Waals surface area contributed by atoms with Crippen LogP contribution in [0.3, 0.4) is 0 Å². The van der Waals surface area contributed by atoms with Gasteiger partial charge in [0.25, 0.3) is 5.91 Å².